The monoisotopic (exact) mass is 370 g/mol. The van der Waals surface area contributed by atoms with Gasteiger partial charge in [0.1, 0.15) is 0 Å². The molecule has 3 saturated carbocycles. The van der Waals surface area contributed by atoms with E-state index in [9.17, 15) is 14.7 Å². The van der Waals surface area contributed by atoms with Crippen molar-refractivity contribution in [2.75, 3.05) is 13.1 Å². The Bertz CT molecular complexity index is 661. The van der Waals surface area contributed by atoms with Crippen LogP contribution in [0.3, 0.4) is 0 Å². The molecule has 1 saturated heterocycles. The number of amides is 1. The second-order valence-electron chi connectivity index (χ2n) is 8.61. The van der Waals surface area contributed by atoms with Crippen LogP contribution < -0.4 is 5.32 Å². The molecular formula is C22H30N2O3. The maximum absolute atomic E-state index is 13.0. The number of nitrogens with one attached hydrogen (secondary N) is 1. The van der Waals surface area contributed by atoms with Crippen LogP contribution in [-0.4, -0.2) is 41.0 Å². The van der Waals surface area contributed by atoms with E-state index in [-0.39, 0.29) is 29.7 Å². The fourth-order valence-electron chi connectivity index (χ4n) is 5.56. The molecule has 5 rings (SSSR count). The Balaban J connectivity index is 1.31. The Kier molecular flexibility index (Phi) is 5.48. The Morgan fingerprint density at radius 3 is 2.11 bits per heavy atom. The minimum Gasteiger partial charge on any atom is -0.481 e. The third-order valence-corrected chi connectivity index (χ3v) is 6.99. The van der Waals surface area contributed by atoms with Crippen molar-refractivity contribution < 1.29 is 14.7 Å². The van der Waals surface area contributed by atoms with E-state index in [1.54, 1.807) is 0 Å². The molecule has 2 N–H and O–H groups in total. The van der Waals surface area contributed by atoms with E-state index < -0.39 is 11.9 Å². The number of rotatable bonds is 5. The van der Waals surface area contributed by atoms with Gasteiger partial charge in [0.05, 0.1) is 11.8 Å². The van der Waals surface area contributed by atoms with Crippen molar-refractivity contribution in [1.82, 2.24) is 10.2 Å². The van der Waals surface area contributed by atoms with Crippen LogP contribution in [0.2, 0.25) is 0 Å². The summed E-state index contributed by atoms with van der Waals surface area (Å²) < 4.78 is 0. The number of fused-ring (bicyclic) bond motifs is 3. The van der Waals surface area contributed by atoms with Gasteiger partial charge in [-0.15, -0.1) is 0 Å². The lowest BCUT2D eigenvalue weighted by atomic mass is 9.58. The molecule has 146 valence electrons. The highest BCUT2D eigenvalue weighted by molar-refractivity contribution is 5.85. The zero-order valence-electron chi connectivity index (χ0n) is 15.8. The lowest BCUT2D eigenvalue weighted by Gasteiger charge is -2.46. The molecule has 1 aliphatic heterocycles. The molecule has 1 aromatic carbocycles. The summed E-state index contributed by atoms with van der Waals surface area (Å²) in [6.45, 7) is 2.90. The molecule has 4 fully saturated rings. The maximum Gasteiger partial charge on any atom is 0.307 e. The summed E-state index contributed by atoms with van der Waals surface area (Å²) in [4.78, 5) is 27.2. The number of piperidine rings is 1. The van der Waals surface area contributed by atoms with Crippen LogP contribution >= 0.6 is 0 Å². The molecule has 5 heteroatoms. The van der Waals surface area contributed by atoms with Gasteiger partial charge in [-0.25, -0.2) is 0 Å². The number of carbonyl (C=O) groups excluding carboxylic acids is 1. The first-order valence-electron chi connectivity index (χ1n) is 10.4. The van der Waals surface area contributed by atoms with Crippen molar-refractivity contribution >= 4 is 11.9 Å². The molecule has 27 heavy (non-hydrogen) atoms. The normalized spacial score (nSPS) is 31.6. The third-order valence-electron chi connectivity index (χ3n) is 6.99. The van der Waals surface area contributed by atoms with Crippen molar-refractivity contribution in [1.29, 1.82) is 0 Å². The Hall–Kier alpha value is -1.88. The molecule has 2 bridgehead atoms. The van der Waals surface area contributed by atoms with E-state index in [4.69, 9.17) is 0 Å². The number of likely N-dealkylation sites (tertiary alicyclic amines) is 1. The molecule has 0 unspecified atom stereocenters. The Morgan fingerprint density at radius 1 is 0.926 bits per heavy atom. The predicted molar refractivity (Wildman–Crippen MR) is 103 cm³/mol. The van der Waals surface area contributed by atoms with E-state index in [0.717, 1.165) is 58.2 Å². The van der Waals surface area contributed by atoms with Crippen LogP contribution in [0, 0.1) is 23.7 Å². The second-order valence-corrected chi connectivity index (χ2v) is 8.61. The van der Waals surface area contributed by atoms with Gasteiger partial charge in [-0.2, -0.15) is 0 Å². The molecule has 0 spiro atoms. The van der Waals surface area contributed by atoms with Crippen LogP contribution in [0.25, 0.3) is 0 Å². The standard InChI is InChI=1S/C22H30N2O3/c25-21(19-16-6-8-17(9-7-16)20(19)22(26)27)23-18-10-12-24(13-11-18)14-15-4-2-1-3-5-15/h1-5,16-20H,6-14H2,(H,23,25)(H,26,27)/t16?,17?,19-,20+/m0/s1. The molecule has 3 aliphatic carbocycles. The van der Waals surface area contributed by atoms with Crippen molar-refractivity contribution in [3.05, 3.63) is 35.9 Å². The number of hydrogen-bond donors (Lipinski definition) is 2. The van der Waals surface area contributed by atoms with Crippen LogP contribution in [0.5, 0.6) is 0 Å². The first-order valence-corrected chi connectivity index (χ1v) is 10.4. The van der Waals surface area contributed by atoms with E-state index in [2.05, 4.69) is 34.5 Å². The number of carbonyl (C=O) groups is 2. The lowest BCUT2D eigenvalue weighted by molar-refractivity contribution is -0.158. The van der Waals surface area contributed by atoms with Crippen LogP contribution in [0.4, 0.5) is 0 Å². The number of hydrogen-bond acceptors (Lipinski definition) is 3. The fraction of sp³-hybridized carbons (Fsp3) is 0.636. The smallest absolute Gasteiger partial charge is 0.307 e. The molecule has 0 radical (unpaired) electrons. The summed E-state index contributed by atoms with van der Waals surface area (Å²) in [5, 5.41) is 12.9. The lowest BCUT2D eigenvalue weighted by Crippen LogP contribution is -2.53. The Labute approximate surface area is 161 Å². The number of aliphatic carboxylic acids is 1. The first-order chi connectivity index (χ1) is 13.1. The van der Waals surface area contributed by atoms with Crippen molar-refractivity contribution in [3.63, 3.8) is 0 Å². The van der Waals surface area contributed by atoms with Gasteiger partial charge in [-0.1, -0.05) is 30.3 Å². The SMILES string of the molecule is O=C(O)[C@@H]1C2CCC(CC2)[C@@H]1C(=O)NC1CCN(Cc2ccccc2)CC1. The molecule has 2 atom stereocenters. The van der Waals surface area contributed by atoms with Gasteiger partial charge in [0.15, 0.2) is 0 Å². The summed E-state index contributed by atoms with van der Waals surface area (Å²) in [5.74, 6) is -1.13. The number of nitrogens with zero attached hydrogens (tertiary/aromatic N) is 1. The van der Waals surface area contributed by atoms with Gasteiger partial charge in [0.25, 0.3) is 0 Å². The summed E-state index contributed by atoms with van der Waals surface area (Å²) >= 11 is 0. The minimum atomic E-state index is -0.776. The zero-order valence-corrected chi connectivity index (χ0v) is 15.8. The van der Waals surface area contributed by atoms with Crippen molar-refractivity contribution in [2.45, 2.75) is 51.1 Å². The number of benzene rings is 1. The van der Waals surface area contributed by atoms with E-state index in [1.165, 1.54) is 5.56 Å². The second kappa shape index (κ2) is 8.01. The molecular weight excluding hydrogens is 340 g/mol. The number of carboxylic acids is 1. The summed E-state index contributed by atoms with van der Waals surface area (Å²) in [5.41, 5.74) is 1.32. The average Bonchev–Trinajstić information content (AvgIpc) is 2.70. The predicted octanol–water partition coefficient (Wildman–Crippen LogP) is 2.90. The average molecular weight is 370 g/mol. The molecule has 0 aromatic heterocycles. The number of carboxylic acid groups (broad SMARTS) is 1. The largest absolute Gasteiger partial charge is 0.481 e. The van der Waals surface area contributed by atoms with E-state index in [0.29, 0.717) is 0 Å². The minimum absolute atomic E-state index is 0.00157. The van der Waals surface area contributed by atoms with Crippen LogP contribution in [0.1, 0.15) is 44.1 Å². The third kappa shape index (κ3) is 4.03. The van der Waals surface area contributed by atoms with E-state index >= 15 is 0 Å². The summed E-state index contributed by atoms with van der Waals surface area (Å²) in [7, 11) is 0. The summed E-state index contributed by atoms with van der Waals surface area (Å²) in [6.07, 6.45) is 5.87. The molecule has 1 aromatic rings. The van der Waals surface area contributed by atoms with Gasteiger partial charge < -0.3 is 10.4 Å². The highest BCUT2D eigenvalue weighted by Crippen LogP contribution is 2.49. The first kappa shape index (κ1) is 18.5. The van der Waals surface area contributed by atoms with Gasteiger partial charge in [-0.3, -0.25) is 14.5 Å². The van der Waals surface area contributed by atoms with Gasteiger partial charge >= 0.3 is 5.97 Å². The highest BCUT2D eigenvalue weighted by Gasteiger charge is 2.50. The van der Waals surface area contributed by atoms with Gasteiger partial charge in [0, 0.05) is 25.7 Å². The fourth-order valence-corrected chi connectivity index (χ4v) is 5.56. The van der Waals surface area contributed by atoms with Crippen molar-refractivity contribution in [2.24, 2.45) is 23.7 Å². The quantitative estimate of drug-likeness (QED) is 0.836. The summed E-state index contributed by atoms with van der Waals surface area (Å²) in [6, 6.07) is 10.7. The molecule has 1 amide bonds. The van der Waals surface area contributed by atoms with Crippen LogP contribution in [-0.2, 0) is 16.1 Å². The van der Waals surface area contributed by atoms with Gasteiger partial charge in [0.2, 0.25) is 5.91 Å². The zero-order chi connectivity index (χ0) is 18.8. The highest BCUT2D eigenvalue weighted by atomic mass is 16.4. The maximum atomic E-state index is 13.0. The molecule has 1 heterocycles. The van der Waals surface area contributed by atoms with Crippen molar-refractivity contribution in [3.8, 4) is 0 Å². The van der Waals surface area contributed by atoms with Gasteiger partial charge in [-0.05, 0) is 55.9 Å². The Morgan fingerprint density at radius 2 is 1.52 bits per heavy atom. The molecule has 4 aliphatic rings. The van der Waals surface area contributed by atoms with Crippen LogP contribution in [0.15, 0.2) is 30.3 Å². The van der Waals surface area contributed by atoms with E-state index in [1.807, 2.05) is 6.07 Å². The topological polar surface area (TPSA) is 69.6 Å². The molecule has 5 nitrogen and oxygen atoms in total.